The van der Waals surface area contributed by atoms with Crippen molar-refractivity contribution in [1.82, 2.24) is 0 Å². The lowest BCUT2D eigenvalue weighted by molar-refractivity contribution is 0.0976. The fraction of sp³-hybridized carbons (Fsp3) is 0.300. The third-order valence-electron chi connectivity index (χ3n) is 2.29. The Morgan fingerprint density at radius 2 is 2.23 bits per heavy atom. The van der Waals surface area contributed by atoms with E-state index in [9.17, 15) is 4.79 Å². The first-order chi connectivity index (χ1) is 6.18. The Labute approximate surface area is 90.2 Å². The number of rotatable bonds is 0. The molecule has 13 heavy (non-hydrogen) atoms. The molecule has 1 aliphatic carbocycles. The van der Waals surface area contributed by atoms with Crippen LogP contribution in [0.25, 0.3) is 0 Å². The van der Waals surface area contributed by atoms with E-state index in [1.165, 1.54) is 0 Å². The summed E-state index contributed by atoms with van der Waals surface area (Å²) in [6.45, 7) is 0. The third-order valence-corrected chi connectivity index (χ3v) is 3.20. The SMILES string of the molecule is O=C1c2cc(Br)ccc2CCC1Cl. The summed E-state index contributed by atoms with van der Waals surface area (Å²) in [5.74, 6) is 0.0595. The first-order valence-electron chi connectivity index (χ1n) is 4.15. The first kappa shape index (κ1) is 9.22. The zero-order valence-corrected chi connectivity index (χ0v) is 9.23. The van der Waals surface area contributed by atoms with E-state index in [-0.39, 0.29) is 11.2 Å². The highest BCUT2D eigenvalue weighted by Gasteiger charge is 2.25. The van der Waals surface area contributed by atoms with Gasteiger partial charge >= 0.3 is 0 Å². The number of Topliss-reactive ketones (excluding diaryl/α,β-unsaturated/α-hetero) is 1. The molecule has 3 heteroatoms. The molecule has 2 rings (SSSR count). The van der Waals surface area contributed by atoms with Crippen molar-refractivity contribution in [1.29, 1.82) is 0 Å². The Kier molecular flexibility index (Phi) is 2.43. The second kappa shape index (κ2) is 3.43. The van der Waals surface area contributed by atoms with Gasteiger partial charge in [0.15, 0.2) is 5.78 Å². The molecule has 1 aromatic carbocycles. The van der Waals surface area contributed by atoms with E-state index < -0.39 is 0 Å². The second-order valence-electron chi connectivity index (χ2n) is 3.17. The maximum Gasteiger partial charge on any atom is 0.180 e. The van der Waals surface area contributed by atoms with Crippen LogP contribution in [0.3, 0.4) is 0 Å². The van der Waals surface area contributed by atoms with Gasteiger partial charge in [0, 0.05) is 10.0 Å². The quantitative estimate of drug-likeness (QED) is 0.654. The Bertz CT molecular complexity index is 362. The van der Waals surface area contributed by atoms with Crippen LogP contribution in [0, 0.1) is 0 Å². The standard InChI is InChI=1S/C10H8BrClO/c11-7-3-1-6-2-4-9(12)10(13)8(6)5-7/h1,3,5,9H,2,4H2. The van der Waals surface area contributed by atoms with Crippen LogP contribution in [-0.2, 0) is 6.42 Å². The Morgan fingerprint density at radius 3 is 3.00 bits per heavy atom. The summed E-state index contributed by atoms with van der Waals surface area (Å²) in [7, 11) is 0. The summed E-state index contributed by atoms with van der Waals surface area (Å²) in [5.41, 5.74) is 1.89. The number of carbonyl (C=O) groups excluding carboxylic acids is 1. The van der Waals surface area contributed by atoms with Crippen LogP contribution in [0.15, 0.2) is 22.7 Å². The monoisotopic (exact) mass is 258 g/mol. The molecule has 1 nitrogen and oxygen atoms in total. The highest BCUT2D eigenvalue weighted by molar-refractivity contribution is 9.10. The van der Waals surface area contributed by atoms with Crippen LogP contribution in [0.2, 0.25) is 0 Å². The number of carbonyl (C=O) groups is 1. The van der Waals surface area contributed by atoms with Crippen LogP contribution in [0.4, 0.5) is 0 Å². The second-order valence-corrected chi connectivity index (χ2v) is 4.61. The van der Waals surface area contributed by atoms with Crippen molar-refractivity contribution < 1.29 is 4.79 Å². The fourth-order valence-electron chi connectivity index (χ4n) is 1.58. The van der Waals surface area contributed by atoms with Gasteiger partial charge < -0.3 is 0 Å². The molecular formula is C10H8BrClO. The van der Waals surface area contributed by atoms with E-state index in [1.54, 1.807) is 0 Å². The number of halogens is 2. The van der Waals surface area contributed by atoms with Crippen molar-refractivity contribution >= 4 is 33.3 Å². The highest BCUT2D eigenvalue weighted by atomic mass is 79.9. The predicted octanol–water partition coefficient (Wildman–Crippen LogP) is 3.19. The molecule has 0 N–H and O–H groups in total. The van der Waals surface area contributed by atoms with Gasteiger partial charge in [-0.3, -0.25) is 4.79 Å². The average molecular weight is 260 g/mol. The molecule has 0 heterocycles. The minimum absolute atomic E-state index is 0.0595. The zero-order valence-electron chi connectivity index (χ0n) is 6.89. The molecule has 68 valence electrons. The van der Waals surface area contributed by atoms with Gasteiger partial charge in [-0.25, -0.2) is 0 Å². The van der Waals surface area contributed by atoms with Crippen molar-refractivity contribution in [2.75, 3.05) is 0 Å². The van der Waals surface area contributed by atoms with Gasteiger partial charge in [-0.2, -0.15) is 0 Å². The maximum absolute atomic E-state index is 11.6. The minimum Gasteiger partial charge on any atom is -0.292 e. The number of fused-ring (bicyclic) bond motifs is 1. The molecule has 0 saturated heterocycles. The number of benzene rings is 1. The van der Waals surface area contributed by atoms with Gasteiger partial charge in [0.2, 0.25) is 0 Å². The van der Waals surface area contributed by atoms with Crippen LogP contribution in [-0.4, -0.2) is 11.2 Å². The van der Waals surface area contributed by atoms with Crippen LogP contribution < -0.4 is 0 Å². The number of ketones is 1. The fourth-order valence-corrected chi connectivity index (χ4v) is 2.17. The van der Waals surface area contributed by atoms with E-state index in [2.05, 4.69) is 15.9 Å². The Morgan fingerprint density at radius 1 is 1.46 bits per heavy atom. The number of aryl methyl sites for hydroxylation is 1. The lowest BCUT2D eigenvalue weighted by Gasteiger charge is -2.18. The Hall–Kier alpha value is -0.340. The number of hydrogen-bond donors (Lipinski definition) is 0. The van der Waals surface area contributed by atoms with Gasteiger partial charge in [-0.15, -0.1) is 11.6 Å². The van der Waals surface area contributed by atoms with Crippen molar-refractivity contribution in [2.24, 2.45) is 0 Å². The summed E-state index contributed by atoms with van der Waals surface area (Å²) in [4.78, 5) is 11.6. The minimum atomic E-state index is -0.332. The number of hydrogen-bond acceptors (Lipinski definition) is 1. The normalized spacial score (nSPS) is 21.4. The van der Waals surface area contributed by atoms with E-state index >= 15 is 0 Å². The zero-order chi connectivity index (χ0) is 9.42. The van der Waals surface area contributed by atoms with Crippen molar-refractivity contribution in [2.45, 2.75) is 18.2 Å². The van der Waals surface area contributed by atoms with Gasteiger partial charge in [0.05, 0.1) is 5.38 Å². The molecule has 1 aromatic rings. The maximum atomic E-state index is 11.6. The summed E-state index contributed by atoms with van der Waals surface area (Å²) in [6, 6.07) is 5.80. The van der Waals surface area contributed by atoms with Gasteiger partial charge in [0.1, 0.15) is 0 Å². The van der Waals surface area contributed by atoms with Crippen molar-refractivity contribution in [3.63, 3.8) is 0 Å². The smallest absolute Gasteiger partial charge is 0.180 e. The molecule has 0 saturated carbocycles. The molecule has 0 bridgehead atoms. The molecule has 1 aliphatic rings. The lowest BCUT2D eigenvalue weighted by Crippen LogP contribution is -2.22. The van der Waals surface area contributed by atoms with E-state index in [0.29, 0.717) is 0 Å². The molecule has 0 aliphatic heterocycles. The predicted molar refractivity (Wildman–Crippen MR) is 56.4 cm³/mol. The van der Waals surface area contributed by atoms with E-state index in [0.717, 1.165) is 28.4 Å². The van der Waals surface area contributed by atoms with Crippen molar-refractivity contribution in [3.8, 4) is 0 Å². The van der Waals surface area contributed by atoms with E-state index in [1.807, 2.05) is 18.2 Å². The molecule has 0 fully saturated rings. The van der Waals surface area contributed by atoms with E-state index in [4.69, 9.17) is 11.6 Å². The molecule has 1 unspecified atom stereocenters. The summed E-state index contributed by atoms with van der Waals surface area (Å²) in [6.07, 6.45) is 1.66. The molecule has 0 radical (unpaired) electrons. The van der Waals surface area contributed by atoms with Crippen molar-refractivity contribution in [3.05, 3.63) is 33.8 Å². The molecule has 0 aromatic heterocycles. The molecule has 0 spiro atoms. The summed E-state index contributed by atoms with van der Waals surface area (Å²) < 4.78 is 0.936. The van der Waals surface area contributed by atoms with Gasteiger partial charge in [0.25, 0.3) is 0 Å². The molecule has 1 atom stereocenters. The highest BCUT2D eigenvalue weighted by Crippen LogP contribution is 2.26. The van der Waals surface area contributed by atoms with Gasteiger partial charge in [-0.05, 0) is 30.5 Å². The molecule has 0 amide bonds. The largest absolute Gasteiger partial charge is 0.292 e. The van der Waals surface area contributed by atoms with Crippen LogP contribution in [0.5, 0.6) is 0 Å². The topological polar surface area (TPSA) is 17.1 Å². The van der Waals surface area contributed by atoms with Gasteiger partial charge in [-0.1, -0.05) is 22.0 Å². The Balaban J connectivity index is 2.51. The van der Waals surface area contributed by atoms with Crippen LogP contribution in [0.1, 0.15) is 22.3 Å². The first-order valence-corrected chi connectivity index (χ1v) is 5.38. The lowest BCUT2D eigenvalue weighted by atomic mass is 9.90. The number of alkyl halides is 1. The average Bonchev–Trinajstić information content (AvgIpc) is 2.12. The summed E-state index contributed by atoms with van der Waals surface area (Å²) in [5, 5.41) is -0.332. The third kappa shape index (κ3) is 1.65. The summed E-state index contributed by atoms with van der Waals surface area (Å²) >= 11 is 9.22. The van der Waals surface area contributed by atoms with Crippen LogP contribution >= 0.6 is 27.5 Å². The molecular weight excluding hydrogens is 251 g/mol.